The molecular formula is C21H40BrNO3. The monoisotopic (exact) mass is 433 g/mol. The first-order chi connectivity index (χ1) is 12.6. The van der Waals surface area contributed by atoms with Gasteiger partial charge in [-0.1, -0.05) is 106 Å². The second-order valence-electron chi connectivity index (χ2n) is 7.19. The highest BCUT2D eigenvalue weighted by atomic mass is 79.9. The summed E-state index contributed by atoms with van der Waals surface area (Å²) in [5.74, 6) is -0.556. The van der Waals surface area contributed by atoms with E-state index in [1.165, 1.54) is 77.0 Å². The Morgan fingerprint density at radius 3 is 1.65 bits per heavy atom. The summed E-state index contributed by atoms with van der Waals surface area (Å²) in [4.78, 5) is 22.8. The van der Waals surface area contributed by atoms with E-state index >= 15 is 0 Å². The Hall–Kier alpha value is -0.580. The lowest BCUT2D eigenvalue weighted by Gasteiger charge is -2.12. The van der Waals surface area contributed by atoms with Crippen LogP contribution in [0.5, 0.6) is 0 Å². The van der Waals surface area contributed by atoms with Gasteiger partial charge in [-0.3, -0.25) is 4.79 Å². The maximum absolute atomic E-state index is 11.7. The normalized spacial score (nSPS) is 12.0. The Labute approximate surface area is 169 Å². The van der Waals surface area contributed by atoms with E-state index in [0.29, 0.717) is 6.61 Å². The predicted octanol–water partition coefficient (Wildman–Crippen LogP) is 5.91. The fourth-order valence-electron chi connectivity index (χ4n) is 2.93. The highest BCUT2D eigenvalue weighted by molar-refractivity contribution is 9.09. The van der Waals surface area contributed by atoms with Crippen molar-refractivity contribution >= 4 is 27.8 Å². The zero-order valence-electron chi connectivity index (χ0n) is 17.0. The molecule has 0 rings (SSSR count). The fourth-order valence-corrected chi connectivity index (χ4v) is 3.10. The number of hydrogen-bond acceptors (Lipinski definition) is 3. The number of esters is 1. The quantitative estimate of drug-likeness (QED) is 0.166. The number of halogens is 1. The summed E-state index contributed by atoms with van der Waals surface area (Å²) in [6, 6.07) is -0.577. The molecule has 154 valence electrons. The Morgan fingerprint density at radius 2 is 1.23 bits per heavy atom. The van der Waals surface area contributed by atoms with Crippen molar-refractivity contribution in [2.45, 2.75) is 110 Å². The standard InChI is InChI=1S/C21H40BrNO3/c1-3-4-5-6-7-8-9-10-11-12-13-14-15-16-17-26-21(25)19(2)23-20(24)18-22/h19H,3-18H2,1-2H3,(H,23,24)/t19-/m0/s1. The summed E-state index contributed by atoms with van der Waals surface area (Å²) in [5, 5.41) is 2.77. The highest BCUT2D eigenvalue weighted by Crippen LogP contribution is 2.12. The molecule has 1 N–H and O–H groups in total. The van der Waals surface area contributed by atoms with Gasteiger partial charge in [0.15, 0.2) is 0 Å². The topological polar surface area (TPSA) is 55.4 Å². The number of carbonyl (C=O) groups excluding carboxylic acids is 2. The van der Waals surface area contributed by atoms with E-state index in [0.717, 1.165) is 12.8 Å². The number of nitrogens with one attached hydrogen (secondary N) is 1. The fraction of sp³-hybridized carbons (Fsp3) is 0.905. The van der Waals surface area contributed by atoms with Crippen molar-refractivity contribution in [3.05, 3.63) is 0 Å². The van der Waals surface area contributed by atoms with E-state index in [2.05, 4.69) is 28.2 Å². The maximum atomic E-state index is 11.7. The SMILES string of the molecule is CCCCCCCCCCCCCCCCOC(=O)[C@H](C)NC(=O)CBr. The third kappa shape index (κ3) is 16.9. The Balaban J connectivity index is 3.26. The van der Waals surface area contributed by atoms with Gasteiger partial charge in [-0.25, -0.2) is 4.79 Å². The molecule has 0 unspecified atom stereocenters. The van der Waals surface area contributed by atoms with Gasteiger partial charge in [-0.15, -0.1) is 0 Å². The minimum Gasteiger partial charge on any atom is -0.464 e. The van der Waals surface area contributed by atoms with Crippen LogP contribution in [0.2, 0.25) is 0 Å². The molecule has 0 aromatic carbocycles. The minimum absolute atomic E-state index is 0.198. The van der Waals surface area contributed by atoms with E-state index in [4.69, 9.17) is 4.74 Å². The first kappa shape index (κ1) is 25.4. The van der Waals surface area contributed by atoms with Crippen LogP contribution in [0.3, 0.4) is 0 Å². The molecule has 0 aliphatic rings. The lowest BCUT2D eigenvalue weighted by atomic mass is 10.0. The molecule has 0 aliphatic heterocycles. The molecule has 0 aliphatic carbocycles. The molecule has 5 heteroatoms. The van der Waals surface area contributed by atoms with Crippen LogP contribution in [-0.4, -0.2) is 29.9 Å². The van der Waals surface area contributed by atoms with Crippen LogP contribution in [0.15, 0.2) is 0 Å². The molecule has 26 heavy (non-hydrogen) atoms. The Bertz CT molecular complexity index is 350. The first-order valence-corrected chi connectivity index (χ1v) is 11.8. The van der Waals surface area contributed by atoms with Gasteiger partial charge < -0.3 is 10.1 Å². The van der Waals surface area contributed by atoms with Gasteiger partial charge in [0.2, 0.25) is 5.91 Å². The van der Waals surface area contributed by atoms with E-state index in [1.807, 2.05) is 0 Å². The van der Waals surface area contributed by atoms with Crippen molar-refractivity contribution in [1.82, 2.24) is 5.32 Å². The van der Waals surface area contributed by atoms with Crippen molar-refractivity contribution in [2.75, 3.05) is 11.9 Å². The van der Waals surface area contributed by atoms with Crippen molar-refractivity contribution in [3.8, 4) is 0 Å². The van der Waals surface area contributed by atoms with Crippen LogP contribution in [-0.2, 0) is 14.3 Å². The lowest BCUT2D eigenvalue weighted by Crippen LogP contribution is -2.40. The lowest BCUT2D eigenvalue weighted by molar-refractivity contribution is -0.147. The minimum atomic E-state index is -0.577. The van der Waals surface area contributed by atoms with E-state index in [-0.39, 0.29) is 17.2 Å². The van der Waals surface area contributed by atoms with Gasteiger partial charge in [0.05, 0.1) is 11.9 Å². The van der Waals surface area contributed by atoms with Gasteiger partial charge in [-0.05, 0) is 13.3 Å². The van der Waals surface area contributed by atoms with Crippen LogP contribution in [0.25, 0.3) is 0 Å². The zero-order chi connectivity index (χ0) is 19.5. The van der Waals surface area contributed by atoms with Crippen molar-refractivity contribution in [2.24, 2.45) is 0 Å². The molecule has 0 saturated heterocycles. The molecule has 0 radical (unpaired) electrons. The van der Waals surface area contributed by atoms with Crippen LogP contribution >= 0.6 is 15.9 Å². The molecule has 0 fully saturated rings. The van der Waals surface area contributed by atoms with E-state index < -0.39 is 6.04 Å². The molecule has 0 spiro atoms. The summed E-state index contributed by atoms with van der Waals surface area (Å²) in [6.07, 6.45) is 18.3. The predicted molar refractivity (Wildman–Crippen MR) is 113 cm³/mol. The average molecular weight is 434 g/mol. The molecule has 4 nitrogen and oxygen atoms in total. The Morgan fingerprint density at radius 1 is 0.808 bits per heavy atom. The first-order valence-electron chi connectivity index (χ1n) is 10.6. The second kappa shape index (κ2) is 19.2. The van der Waals surface area contributed by atoms with Crippen LogP contribution < -0.4 is 5.32 Å². The van der Waals surface area contributed by atoms with E-state index in [9.17, 15) is 9.59 Å². The van der Waals surface area contributed by atoms with Gasteiger partial charge in [-0.2, -0.15) is 0 Å². The van der Waals surface area contributed by atoms with Crippen molar-refractivity contribution < 1.29 is 14.3 Å². The molecule has 0 aromatic heterocycles. The van der Waals surface area contributed by atoms with Gasteiger partial charge in [0.1, 0.15) is 6.04 Å². The maximum Gasteiger partial charge on any atom is 0.328 e. The number of ether oxygens (including phenoxy) is 1. The van der Waals surface area contributed by atoms with E-state index in [1.54, 1.807) is 6.92 Å². The summed E-state index contributed by atoms with van der Waals surface area (Å²) in [7, 11) is 0. The smallest absolute Gasteiger partial charge is 0.328 e. The number of alkyl halides is 1. The number of carbonyl (C=O) groups is 2. The van der Waals surface area contributed by atoms with Gasteiger partial charge >= 0.3 is 5.97 Å². The number of hydrogen-bond donors (Lipinski definition) is 1. The van der Waals surface area contributed by atoms with Gasteiger partial charge in [0, 0.05) is 0 Å². The average Bonchev–Trinajstić information content (AvgIpc) is 2.64. The summed E-state index contributed by atoms with van der Waals surface area (Å²) >= 11 is 3.05. The molecule has 1 amide bonds. The largest absolute Gasteiger partial charge is 0.464 e. The second-order valence-corrected chi connectivity index (χ2v) is 7.75. The van der Waals surface area contributed by atoms with Crippen LogP contribution in [0, 0.1) is 0 Å². The van der Waals surface area contributed by atoms with Crippen LogP contribution in [0.1, 0.15) is 104 Å². The summed E-state index contributed by atoms with van der Waals surface area (Å²) < 4.78 is 5.19. The van der Waals surface area contributed by atoms with Crippen molar-refractivity contribution in [3.63, 3.8) is 0 Å². The third-order valence-electron chi connectivity index (χ3n) is 4.59. The molecule has 0 saturated carbocycles. The van der Waals surface area contributed by atoms with Gasteiger partial charge in [0.25, 0.3) is 0 Å². The third-order valence-corrected chi connectivity index (χ3v) is 5.10. The number of amides is 1. The molecular weight excluding hydrogens is 394 g/mol. The number of rotatable bonds is 18. The van der Waals surface area contributed by atoms with Crippen molar-refractivity contribution in [1.29, 1.82) is 0 Å². The van der Waals surface area contributed by atoms with Crippen LogP contribution in [0.4, 0.5) is 0 Å². The summed E-state index contributed by atoms with van der Waals surface area (Å²) in [5.41, 5.74) is 0. The highest BCUT2D eigenvalue weighted by Gasteiger charge is 2.15. The molecule has 1 atom stereocenters. The number of unbranched alkanes of at least 4 members (excludes halogenated alkanes) is 13. The molecule has 0 aromatic rings. The summed E-state index contributed by atoms with van der Waals surface area (Å²) in [6.45, 7) is 4.36. The Kier molecular flexibility index (Phi) is 18.8. The zero-order valence-corrected chi connectivity index (χ0v) is 18.6. The molecule has 0 bridgehead atoms. The molecule has 0 heterocycles.